The van der Waals surface area contributed by atoms with Crippen LogP contribution in [0.1, 0.15) is 48.1 Å². The molecular formula is C21H23NO4. The molecule has 0 bridgehead atoms. The predicted molar refractivity (Wildman–Crippen MR) is 98.6 cm³/mol. The summed E-state index contributed by atoms with van der Waals surface area (Å²) in [6.07, 6.45) is 1.13. The zero-order valence-corrected chi connectivity index (χ0v) is 14.9. The standard InChI is InChI=1S/C21H23NO4/c1-15(16-6-3-2-4-7-16)22-21(24)11-9-18(23)17-8-10-19-20(14-17)26-13-5-12-25-19/h2-4,6-8,10,14-15H,5,9,11-13H2,1H3,(H,22,24)/t15-/m1/s1. The molecule has 0 fully saturated rings. The summed E-state index contributed by atoms with van der Waals surface area (Å²) in [5.41, 5.74) is 1.58. The smallest absolute Gasteiger partial charge is 0.220 e. The van der Waals surface area contributed by atoms with Crippen LogP contribution in [0.5, 0.6) is 11.5 Å². The summed E-state index contributed by atoms with van der Waals surface area (Å²) in [6, 6.07) is 14.8. The van der Waals surface area contributed by atoms with Crippen LogP contribution >= 0.6 is 0 Å². The maximum atomic E-state index is 12.4. The third-order valence-corrected chi connectivity index (χ3v) is 4.33. The number of hydrogen-bond acceptors (Lipinski definition) is 4. The molecule has 0 saturated heterocycles. The van der Waals surface area contributed by atoms with E-state index < -0.39 is 0 Å². The van der Waals surface area contributed by atoms with Crippen LogP contribution in [0.15, 0.2) is 48.5 Å². The van der Waals surface area contributed by atoms with Gasteiger partial charge < -0.3 is 14.8 Å². The maximum absolute atomic E-state index is 12.4. The second-order valence-corrected chi connectivity index (χ2v) is 6.34. The van der Waals surface area contributed by atoms with Crippen LogP contribution in [0.3, 0.4) is 0 Å². The van der Waals surface area contributed by atoms with E-state index in [4.69, 9.17) is 9.47 Å². The fourth-order valence-corrected chi connectivity index (χ4v) is 2.85. The molecule has 0 aromatic heterocycles. The Morgan fingerprint density at radius 3 is 2.50 bits per heavy atom. The number of fused-ring (bicyclic) bond motifs is 1. The minimum absolute atomic E-state index is 0.0804. The van der Waals surface area contributed by atoms with Crippen LogP contribution in [-0.2, 0) is 4.79 Å². The van der Waals surface area contributed by atoms with E-state index in [9.17, 15) is 9.59 Å². The summed E-state index contributed by atoms with van der Waals surface area (Å²) in [5.74, 6) is 1.04. The average Bonchev–Trinajstić information content (AvgIpc) is 2.91. The first-order valence-corrected chi connectivity index (χ1v) is 8.90. The Kier molecular flexibility index (Phi) is 5.89. The molecular weight excluding hydrogens is 330 g/mol. The van der Waals surface area contributed by atoms with Crippen molar-refractivity contribution in [3.05, 3.63) is 59.7 Å². The Bertz CT molecular complexity index is 773. The van der Waals surface area contributed by atoms with E-state index in [1.165, 1.54) is 0 Å². The number of ketones is 1. The third-order valence-electron chi connectivity index (χ3n) is 4.33. The van der Waals surface area contributed by atoms with Gasteiger partial charge in [0.1, 0.15) is 0 Å². The lowest BCUT2D eigenvalue weighted by Gasteiger charge is -2.14. The van der Waals surface area contributed by atoms with Crippen molar-refractivity contribution in [2.45, 2.75) is 32.2 Å². The van der Waals surface area contributed by atoms with Crippen molar-refractivity contribution in [2.24, 2.45) is 0 Å². The summed E-state index contributed by atoms with van der Waals surface area (Å²) in [5, 5.41) is 2.93. The predicted octanol–water partition coefficient (Wildman–Crippen LogP) is 3.69. The van der Waals surface area contributed by atoms with Crippen LogP contribution in [0, 0.1) is 0 Å². The molecule has 0 saturated carbocycles. The largest absolute Gasteiger partial charge is 0.490 e. The van der Waals surface area contributed by atoms with Gasteiger partial charge in [-0.05, 0) is 30.7 Å². The zero-order valence-electron chi connectivity index (χ0n) is 14.9. The van der Waals surface area contributed by atoms with Crippen LogP contribution < -0.4 is 14.8 Å². The van der Waals surface area contributed by atoms with Crippen molar-refractivity contribution in [3.8, 4) is 11.5 Å². The lowest BCUT2D eigenvalue weighted by atomic mass is 10.0. The topological polar surface area (TPSA) is 64.6 Å². The molecule has 26 heavy (non-hydrogen) atoms. The zero-order chi connectivity index (χ0) is 18.4. The van der Waals surface area contributed by atoms with Crippen molar-refractivity contribution >= 4 is 11.7 Å². The fourth-order valence-electron chi connectivity index (χ4n) is 2.85. The molecule has 5 heteroatoms. The Morgan fingerprint density at radius 1 is 1.00 bits per heavy atom. The Hall–Kier alpha value is -2.82. The van der Waals surface area contributed by atoms with Crippen LogP contribution in [0.2, 0.25) is 0 Å². The number of nitrogens with one attached hydrogen (secondary N) is 1. The highest BCUT2D eigenvalue weighted by Crippen LogP contribution is 2.30. The lowest BCUT2D eigenvalue weighted by molar-refractivity contribution is -0.121. The summed E-state index contributed by atoms with van der Waals surface area (Å²) in [7, 11) is 0. The van der Waals surface area contributed by atoms with Crippen LogP contribution in [0.25, 0.3) is 0 Å². The van der Waals surface area contributed by atoms with Gasteiger partial charge in [0.2, 0.25) is 5.91 Å². The van der Waals surface area contributed by atoms with E-state index in [1.807, 2.05) is 37.3 Å². The summed E-state index contributed by atoms with van der Waals surface area (Å²) in [4.78, 5) is 24.5. The monoisotopic (exact) mass is 353 g/mol. The number of carbonyl (C=O) groups is 2. The van der Waals surface area contributed by atoms with Gasteiger partial charge in [0.15, 0.2) is 17.3 Å². The first kappa shape index (κ1) is 18.0. The number of hydrogen-bond donors (Lipinski definition) is 1. The molecule has 0 aliphatic carbocycles. The average molecular weight is 353 g/mol. The van der Waals surface area contributed by atoms with Crippen molar-refractivity contribution in [1.82, 2.24) is 5.32 Å². The van der Waals surface area contributed by atoms with Gasteiger partial charge in [0.05, 0.1) is 19.3 Å². The summed E-state index contributed by atoms with van der Waals surface area (Å²) in [6.45, 7) is 3.11. The molecule has 1 N–H and O–H groups in total. The molecule has 2 aromatic rings. The van der Waals surface area contributed by atoms with Gasteiger partial charge in [0.25, 0.3) is 0 Å². The molecule has 3 rings (SSSR count). The van der Waals surface area contributed by atoms with E-state index in [1.54, 1.807) is 18.2 Å². The normalized spacial score (nSPS) is 14.2. The minimum atomic E-state index is -0.135. The molecule has 1 heterocycles. The van der Waals surface area contributed by atoms with Gasteiger partial charge >= 0.3 is 0 Å². The van der Waals surface area contributed by atoms with Crippen molar-refractivity contribution in [2.75, 3.05) is 13.2 Å². The number of carbonyl (C=O) groups excluding carboxylic acids is 2. The van der Waals surface area contributed by atoms with Crippen molar-refractivity contribution in [1.29, 1.82) is 0 Å². The van der Waals surface area contributed by atoms with Gasteiger partial charge in [-0.2, -0.15) is 0 Å². The molecule has 0 spiro atoms. The van der Waals surface area contributed by atoms with E-state index in [-0.39, 0.29) is 30.6 Å². The summed E-state index contributed by atoms with van der Waals surface area (Å²) >= 11 is 0. The molecule has 136 valence electrons. The molecule has 0 unspecified atom stereocenters. The molecule has 2 aromatic carbocycles. The van der Waals surface area contributed by atoms with E-state index >= 15 is 0 Å². The van der Waals surface area contributed by atoms with Gasteiger partial charge in [0, 0.05) is 24.8 Å². The Balaban J connectivity index is 1.53. The van der Waals surface area contributed by atoms with Gasteiger partial charge in [-0.3, -0.25) is 9.59 Å². The van der Waals surface area contributed by atoms with E-state index in [0.29, 0.717) is 30.3 Å². The second-order valence-electron chi connectivity index (χ2n) is 6.34. The van der Waals surface area contributed by atoms with Gasteiger partial charge in [-0.25, -0.2) is 0 Å². The van der Waals surface area contributed by atoms with E-state index in [2.05, 4.69) is 5.32 Å². The third kappa shape index (κ3) is 4.63. The first-order valence-electron chi connectivity index (χ1n) is 8.90. The molecule has 1 aliphatic heterocycles. The molecule has 5 nitrogen and oxygen atoms in total. The molecule has 1 aliphatic rings. The number of amides is 1. The highest BCUT2D eigenvalue weighted by molar-refractivity contribution is 5.98. The number of rotatable bonds is 6. The quantitative estimate of drug-likeness (QED) is 0.805. The minimum Gasteiger partial charge on any atom is -0.490 e. The van der Waals surface area contributed by atoms with Crippen LogP contribution in [0.4, 0.5) is 0 Å². The molecule has 1 amide bonds. The number of ether oxygens (including phenoxy) is 2. The van der Waals surface area contributed by atoms with Gasteiger partial charge in [-0.15, -0.1) is 0 Å². The fraction of sp³-hybridized carbons (Fsp3) is 0.333. The maximum Gasteiger partial charge on any atom is 0.220 e. The SMILES string of the molecule is C[C@@H](NC(=O)CCC(=O)c1ccc2c(c1)OCCCO2)c1ccccc1. The lowest BCUT2D eigenvalue weighted by Crippen LogP contribution is -2.26. The Morgan fingerprint density at radius 2 is 1.73 bits per heavy atom. The van der Waals surface area contributed by atoms with Gasteiger partial charge in [-0.1, -0.05) is 30.3 Å². The second kappa shape index (κ2) is 8.52. The van der Waals surface area contributed by atoms with Crippen molar-refractivity contribution < 1.29 is 19.1 Å². The van der Waals surface area contributed by atoms with Crippen LogP contribution in [-0.4, -0.2) is 24.9 Å². The summed E-state index contributed by atoms with van der Waals surface area (Å²) < 4.78 is 11.2. The molecule has 1 atom stereocenters. The highest BCUT2D eigenvalue weighted by atomic mass is 16.5. The number of Topliss-reactive ketones (excluding diaryl/α,β-unsaturated/α-hetero) is 1. The highest BCUT2D eigenvalue weighted by Gasteiger charge is 2.16. The first-order chi connectivity index (χ1) is 12.6. The van der Waals surface area contributed by atoms with E-state index in [0.717, 1.165) is 12.0 Å². The van der Waals surface area contributed by atoms with Crippen molar-refractivity contribution in [3.63, 3.8) is 0 Å². The Labute approximate surface area is 153 Å². The number of benzene rings is 2. The molecule has 0 radical (unpaired) electrons.